The Morgan fingerprint density at radius 1 is 1.28 bits per heavy atom. The van der Waals surface area contributed by atoms with E-state index in [1.54, 1.807) is 6.26 Å². The highest BCUT2D eigenvalue weighted by Gasteiger charge is 2.11. The van der Waals surface area contributed by atoms with E-state index in [1.807, 2.05) is 20.8 Å². The molecule has 0 amide bonds. The second-order valence-electron chi connectivity index (χ2n) is 3.78. The molecule has 18 heavy (non-hydrogen) atoms. The van der Waals surface area contributed by atoms with Crippen LogP contribution < -0.4 is 10.5 Å². The largest absolute Gasteiger partial charge is 0.461 e. The molecular formula is C10H13N5O2S. The van der Waals surface area contributed by atoms with E-state index >= 15 is 0 Å². The first-order valence-corrected chi connectivity index (χ1v) is 6.13. The molecular weight excluding hydrogens is 254 g/mol. The number of hydrogen-bond donors (Lipinski definition) is 1. The molecule has 8 heteroatoms. The van der Waals surface area contributed by atoms with E-state index in [9.17, 15) is 0 Å². The fourth-order valence-corrected chi connectivity index (χ4v) is 1.82. The Kier molecular flexibility index (Phi) is 3.66. The van der Waals surface area contributed by atoms with Crippen molar-refractivity contribution in [2.75, 3.05) is 5.73 Å². The number of rotatable bonds is 4. The maximum atomic E-state index is 5.59. The molecule has 0 bridgehead atoms. The summed E-state index contributed by atoms with van der Waals surface area (Å²) in [6.45, 7) is 5.59. The molecule has 2 heterocycles. The number of nitrogens with two attached hydrogens (primary N) is 1. The first-order chi connectivity index (χ1) is 8.52. The number of anilines is 1. The van der Waals surface area contributed by atoms with Gasteiger partial charge in [-0.05, 0) is 20.8 Å². The lowest BCUT2D eigenvalue weighted by Gasteiger charge is -2.07. The summed E-state index contributed by atoms with van der Waals surface area (Å²) in [4.78, 5) is 16.1. The predicted octanol–water partition coefficient (Wildman–Crippen LogP) is 1.69. The molecule has 0 fully saturated rings. The molecule has 0 unspecified atom stereocenters. The van der Waals surface area contributed by atoms with Gasteiger partial charge in [-0.2, -0.15) is 15.0 Å². The fraction of sp³-hybridized carbons (Fsp3) is 0.400. The van der Waals surface area contributed by atoms with Crippen molar-refractivity contribution in [1.29, 1.82) is 0 Å². The lowest BCUT2D eigenvalue weighted by Crippen LogP contribution is -2.10. The van der Waals surface area contributed by atoms with Gasteiger partial charge in [0.2, 0.25) is 11.1 Å². The standard InChI is InChI=1S/C10H13N5O2S/c1-5(2)17-8-13-7(11)14-9(15-8)18-10-12-6(3)4-16-10/h4-5H,1-3H3,(H2,11,13,14,15). The number of aromatic nitrogens is 4. The van der Waals surface area contributed by atoms with E-state index in [0.29, 0.717) is 10.4 Å². The maximum Gasteiger partial charge on any atom is 0.322 e. The zero-order valence-corrected chi connectivity index (χ0v) is 11.1. The fourth-order valence-electron chi connectivity index (χ4n) is 1.12. The predicted molar refractivity (Wildman–Crippen MR) is 65.4 cm³/mol. The Morgan fingerprint density at radius 2 is 2.06 bits per heavy atom. The molecule has 0 aliphatic carbocycles. The molecule has 0 spiro atoms. The van der Waals surface area contributed by atoms with E-state index in [0.717, 1.165) is 17.5 Å². The number of oxazole rings is 1. The van der Waals surface area contributed by atoms with Crippen LogP contribution in [0.15, 0.2) is 21.1 Å². The zero-order chi connectivity index (χ0) is 13.1. The molecule has 0 aliphatic rings. The maximum absolute atomic E-state index is 5.59. The molecule has 2 N–H and O–H groups in total. The Balaban J connectivity index is 2.19. The summed E-state index contributed by atoms with van der Waals surface area (Å²) in [5, 5.41) is 0.841. The van der Waals surface area contributed by atoms with Crippen molar-refractivity contribution in [3.05, 3.63) is 12.0 Å². The number of hydrogen-bond acceptors (Lipinski definition) is 8. The van der Waals surface area contributed by atoms with Crippen molar-refractivity contribution in [3.63, 3.8) is 0 Å². The number of ether oxygens (including phenoxy) is 1. The van der Waals surface area contributed by atoms with Gasteiger partial charge in [0, 0.05) is 11.8 Å². The molecule has 0 aromatic carbocycles. The number of aryl methyl sites for hydroxylation is 1. The quantitative estimate of drug-likeness (QED) is 0.893. The number of nitrogens with zero attached hydrogens (tertiary/aromatic N) is 4. The highest BCUT2D eigenvalue weighted by atomic mass is 32.2. The van der Waals surface area contributed by atoms with Crippen LogP contribution in [0, 0.1) is 6.92 Å². The third-order valence-corrected chi connectivity index (χ3v) is 2.46. The van der Waals surface area contributed by atoms with Crippen LogP contribution >= 0.6 is 11.8 Å². The second kappa shape index (κ2) is 5.21. The van der Waals surface area contributed by atoms with Gasteiger partial charge in [-0.1, -0.05) is 0 Å². The van der Waals surface area contributed by atoms with Gasteiger partial charge in [-0.15, -0.1) is 0 Å². The molecule has 0 aliphatic heterocycles. The average molecular weight is 267 g/mol. The molecule has 96 valence electrons. The highest BCUT2D eigenvalue weighted by Crippen LogP contribution is 2.25. The van der Waals surface area contributed by atoms with Gasteiger partial charge in [0.15, 0.2) is 0 Å². The summed E-state index contributed by atoms with van der Waals surface area (Å²) in [5.74, 6) is 0.103. The molecule has 2 aromatic heterocycles. The first-order valence-electron chi connectivity index (χ1n) is 5.31. The zero-order valence-electron chi connectivity index (χ0n) is 10.2. The highest BCUT2D eigenvalue weighted by molar-refractivity contribution is 7.98. The normalized spacial score (nSPS) is 10.9. The van der Waals surface area contributed by atoms with E-state index in [4.69, 9.17) is 14.9 Å². The van der Waals surface area contributed by atoms with Crippen LogP contribution in [-0.2, 0) is 0 Å². The van der Waals surface area contributed by atoms with Crippen LogP contribution in [0.2, 0.25) is 0 Å². The summed E-state index contributed by atoms with van der Waals surface area (Å²) >= 11 is 1.16. The van der Waals surface area contributed by atoms with Crippen molar-refractivity contribution in [2.45, 2.75) is 37.3 Å². The van der Waals surface area contributed by atoms with Gasteiger partial charge in [0.05, 0.1) is 11.8 Å². The Labute approximate surface area is 108 Å². The van der Waals surface area contributed by atoms with Gasteiger partial charge in [-0.3, -0.25) is 0 Å². The molecule has 0 saturated heterocycles. The van der Waals surface area contributed by atoms with Gasteiger partial charge in [0.1, 0.15) is 6.26 Å². The van der Waals surface area contributed by atoms with E-state index in [1.165, 1.54) is 0 Å². The Morgan fingerprint density at radius 3 is 2.67 bits per heavy atom. The van der Waals surface area contributed by atoms with Crippen LogP contribution in [0.5, 0.6) is 6.01 Å². The van der Waals surface area contributed by atoms with Crippen molar-refractivity contribution in [1.82, 2.24) is 19.9 Å². The van der Waals surface area contributed by atoms with Crippen molar-refractivity contribution in [3.8, 4) is 6.01 Å². The summed E-state index contributed by atoms with van der Waals surface area (Å²) in [6, 6.07) is 0.197. The van der Waals surface area contributed by atoms with Gasteiger partial charge in [0.25, 0.3) is 5.22 Å². The van der Waals surface area contributed by atoms with E-state index in [-0.39, 0.29) is 18.1 Å². The molecule has 2 rings (SSSR count). The molecule has 7 nitrogen and oxygen atoms in total. The number of nitrogen functional groups attached to an aromatic ring is 1. The van der Waals surface area contributed by atoms with Crippen molar-refractivity contribution in [2.24, 2.45) is 0 Å². The lowest BCUT2D eigenvalue weighted by atomic mass is 10.5. The van der Waals surface area contributed by atoms with Crippen LogP contribution in [-0.4, -0.2) is 26.0 Å². The van der Waals surface area contributed by atoms with E-state index < -0.39 is 0 Å². The molecule has 2 aromatic rings. The van der Waals surface area contributed by atoms with Crippen LogP contribution in [0.3, 0.4) is 0 Å². The van der Waals surface area contributed by atoms with Crippen LogP contribution in [0.1, 0.15) is 19.5 Å². The van der Waals surface area contributed by atoms with Crippen molar-refractivity contribution < 1.29 is 9.15 Å². The van der Waals surface area contributed by atoms with Crippen LogP contribution in [0.4, 0.5) is 5.95 Å². The van der Waals surface area contributed by atoms with Gasteiger partial charge >= 0.3 is 6.01 Å². The second-order valence-corrected chi connectivity index (χ2v) is 4.70. The molecule has 0 saturated carbocycles. The minimum absolute atomic E-state index is 0.0337. The van der Waals surface area contributed by atoms with Crippen LogP contribution in [0.25, 0.3) is 0 Å². The summed E-state index contributed by atoms with van der Waals surface area (Å²) in [6.07, 6.45) is 1.52. The summed E-state index contributed by atoms with van der Waals surface area (Å²) in [7, 11) is 0. The minimum atomic E-state index is -0.0337. The monoisotopic (exact) mass is 267 g/mol. The third-order valence-electron chi connectivity index (χ3n) is 1.73. The summed E-state index contributed by atoms with van der Waals surface area (Å²) < 4.78 is 10.6. The van der Waals surface area contributed by atoms with Crippen molar-refractivity contribution >= 4 is 17.7 Å². The molecule has 0 atom stereocenters. The lowest BCUT2D eigenvalue weighted by molar-refractivity contribution is 0.219. The molecule has 0 radical (unpaired) electrons. The van der Waals surface area contributed by atoms with Gasteiger partial charge < -0.3 is 14.9 Å². The topological polar surface area (TPSA) is 100.0 Å². The average Bonchev–Trinajstić information content (AvgIpc) is 2.61. The Bertz CT molecular complexity index is 543. The SMILES string of the molecule is Cc1coc(Sc2nc(N)nc(OC(C)C)n2)n1. The smallest absolute Gasteiger partial charge is 0.322 e. The van der Waals surface area contributed by atoms with E-state index in [2.05, 4.69) is 19.9 Å². The third kappa shape index (κ3) is 3.33. The Hall–Kier alpha value is -1.83. The first kappa shape index (κ1) is 12.6. The summed E-state index contributed by atoms with van der Waals surface area (Å²) in [5.41, 5.74) is 6.38. The minimum Gasteiger partial charge on any atom is -0.461 e. The van der Waals surface area contributed by atoms with Gasteiger partial charge in [-0.25, -0.2) is 4.98 Å².